The van der Waals surface area contributed by atoms with E-state index in [0.717, 1.165) is 30.7 Å². The minimum Gasteiger partial charge on any atom is -0.360 e. The van der Waals surface area contributed by atoms with E-state index in [1.807, 2.05) is 25.1 Å². The predicted molar refractivity (Wildman–Crippen MR) is 115 cm³/mol. The molecule has 3 aromatic rings. The molecule has 1 aromatic carbocycles. The van der Waals surface area contributed by atoms with Gasteiger partial charge < -0.3 is 4.52 Å². The molecule has 0 saturated carbocycles. The predicted octanol–water partition coefficient (Wildman–Crippen LogP) is 4.15. The third-order valence-electron chi connectivity index (χ3n) is 5.65. The molecule has 6 nitrogen and oxygen atoms in total. The van der Waals surface area contributed by atoms with E-state index in [-0.39, 0.29) is 10.8 Å². The molecular formula is C23H27N3O3S. The van der Waals surface area contributed by atoms with Gasteiger partial charge >= 0.3 is 0 Å². The third kappa shape index (κ3) is 4.18. The number of benzene rings is 1. The van der Waals surface area contributed by atoms with Gasteiger partial charge in [0, 0.05) is 30.4 Å². The van der Waals surface area contributed by atoms with Gasteiger partial charge in [0.15, 0.2) is 5.76 Å². The molecule has 3 heterocycles. The van der Waals surface area contributed by atoms with Crippen LogP contribution >= 0.6 is 0 Å². The average molecular weight is 426 g/mol. The monoisotopic (exact) mass is 425 g/mol. The smallest absolute Gasteiger partial charge is 0.248 e. The molecule has 0 radical (unpaired) electrons. The quantitative estimate of drug-likeness (QED) is 0.614. The Morgan fingerprint density at radius 1 is 1.10 bits per heavy atom. The van der Waals surface area contributed by atoms with Gasteiger partial charge in [0.25, 0.3) is 0 Å². The summed E-state index contributed by atoms with van der Waals surface area (Å²) in [5, 5.41) is 3.82. The molecule has 2 aromatic heterocycles. The van der Waals surface area contributed by atoms with Gasteiger partial charge in [0.2, 0.25) is 10.0 Å². The molecule has 158 valence electrons. The summed E-state index contributed by atoms with van der Waals surface area (Å²) in [6.07, 6.45) is 2.57. The van der Waals surface area contributed by atoms with Crippen molar-refractivity contribution >= 4 is 10.0 Å². The lowest BCUT2D eigenvalue weighted by atomic mass is 9.93. The maximum absolute atomic E-state index is 13.2. The highest BCUT2D eigenvalue weighted by Crippen LogP contribution is 2.32. The highest BCUT2D eigenvalue weighted by Gasteiger charge is 2.35. The largest absolute Gasteiger partial charge is 0.360 e. The van der Waals surface area contributed by atoms with Crippen LogP contribution in [-0.4, -0.2) is 36.0 Å². The Labute approximate surface area is 178 Å². The first-order valence-electron chi connectivity index (χ1n) is 10.3. The molecule has 0 N–H and O–H groups in total. The number of aryl methyl sites for hydroxylation is 3. The van der Waals surface area contributed by atoms with Crippen molar-refractivity contribution in [1.29, 1.82) is 0 Å². The van der Waals surface area contributed by atoms with Gasteiger partial charge in [0.05, 0.1) is 0 Å². The minimum atomic E-state index is -3.64. The van der Waals surface area contributed by atoms with E-state index in [9.17, 15) is 8.42 Å². The van der Waals surface area contributed by atoms with Gasteiger partial charge in [-0.3, -0.25) is 4.98 Å². The molecular weight excluding hydrogens is 398 g/mol. The van der Waals surface area contributed by atoms with Crippen molar-refractivity contribution in [2.45, 2.75) is 50.8 Å². The van der Waals surface area contributed by atoms with E-state index < -0.39 is 10.0 Å². The summed E-state index contributed by atoms with van der Waals surface area (Å²) in [6.45, 7) is 6.24. The van der Waals surface area contributed by atoms with E-state index in [4.69, 9.17) is 9.51 Å². The highest BCUT2D eigenvalue weighted by atomic mass is 32.2. The lowest BCUT2D eigenvalue weighted by Gasteiger charge is -2.31. The Bertz CT molecular complexity index is 1120. The molecule has 1 atom stereocenters. The van der Waals surface area contributed by atoms with Crippen molar-refractivity contribution in [3.63, 3.8) is 0 Å². The molecule has 1 aliphatic rings. The van der Waals surface area contributed by atoms with Crippen LogP contribution in [0.3, 0.4) is 0 Å². The summed E-state index contributed by atoms with van der Waals surface area (Å²) in [7, 11) is -3.64. The van der Waals surface area contributed by atoms with Crippen LogP contribution in [0.15, 0.2) is 51.9 Å². The zero-order valence-electron chi connectivity index (χ0n) is 17.6. The van der Waals surface area contributed by atoms with E-state index in [0.29, 0.717) is 24.5 Å². The maximum Gasteiger partial charge on any atom is 0.248 e. The molecule has 7 heteroatoms. The van der Waals surface area contributed by atoms with Crippen LogP contribution in [-0.2, 0) is 16.4 Å². The van der Waals surface area contributed by atoms with Crippen LogP contribution in [0.4, 0.5) is 0 Å². The number of pyridine rings is 1. The normalized spacial score (nSPS) is 17.9. The topological polar surface area (TPSA) is 76.3 Å². The molecule has 0 amide bonds. The third-order valence-corrected chi connectivity index (χ3v) is 7.76. The fraction of sp³-hybridized carbons (Fsp3) is 0.391. The maximum atomic E-state index is 13.2. The van der Waals surface area contributed by atoms with Gasteiger partial charge in [0.1, 0.15) is 10.6 Å². The zero-order valence-corrected chi connectivity index (χ0v) is 18.4. The Morgan fingerprint density at radius 3 is 2.57 bits per heavy atom. The van der Waals surface area contributed by atoms with Gasteiger partial charge in [-0.1, -0.05) is 35.5 Å². The second-order valence-electron chi connectivity index (χ2n) is 8.06. The lowest BCUT2D eigenvalue weighted by molar-refractivity contribution is 0.311. The van der Waals surface area contributed by atoms with Crippen molar-refractivity contribution in [2.24, 2.45) is 0 Å². The summed E-state index contributed by atoms with van der Waals surface area (Å²) in [5.41, 5.74) is 4.80. The van der Waals surface area contributed by atoms with Crippen LogP contribution in [0.1, 0.15) is 52.7 Å². The Hall–Kier alpha value is -2.51. The Kier molecular flexibility index (Phi) is 5.75. The molecule has 0 spiro atoms. The van der Waals surface area contributed by atoms with Crippen LogP contribution in [0.2, 0.25) is 0 Å². The molecule has 0 aliphatic carbocycles. The zero-order chi connectivity index (χ0) is 21.3. The number of piperidine rings is 1. The number of aromatic nitrogens is 2. The van der Waals surface area contributed by atoms with Crippen LogP contribution < -0.4 is 0 Å². The summed E-state index contributed by atoms with van der Waals surface area (Å²) in [4.78, 5) is 4.96. The summed E-state index contributed by atoms with van der Waals surface area (Å²) in [6, 6.07) is 14.6. The average Bonchev–Trinajstić information content (AvgIpc) is 3.07. The van der Waals surface area contributed by atoms with Crippen molar-refractivity contribution in [2.75, 3.05) is 13.1 Å². The van der Waals surface area contributed by atoms with Gasteiger partial charge in [-0.2, -0.15) is 4.31 Å². The second-order valence-corrected chi connectivity index (χ2v) is 9.93. The van der Waals surface area contributed by atoms with E-state index in [1.54, 1.807) is 18.2 Å². The van der Waals surface area contributed by atoms with Crippen LogP contribution in [0.5, 0.6) is 0 Å². The minimum absolute atomic E-state index is 0.0726. The van der Waals surface area contributed by atoms with Crippen LogP contribution in [0, 0.1) is 20.8 Å². The fourth-order valence-electron chi connectivity index (χ4n) is 4.28. The Morgan fingerprint density at radius 2 is 1.87 bits per heavy atom. The molecule has 0 bridgehead atoms. The number of sulfonamides is 1. The van der Waals surface area contributed by atoms with Crippen molar-refractivity contribution in [1.82, 2.24) is 14.4 Å². The SMILES string of the molecule is Cc1cc(Cc2ccccc2)cc(C2CCCN(S(=O)(=O)c3c(C)noc3C)C2)n1. The van der Waals surface area contributed by atoms with Crippen LogP contribution in [0.25, 0.3) is 0 Å². The molecule has 1 saturated heterocycles. The summed E-state index contributed by atoms with van der Waals surface area (Å²) < 4.78 is 33.2. The van der Waals surface area contributed by atoms with E-state index >= 15 is 0 Å². The second kappa shape index (κ2) is 8.32. The molecule has 30 heavy (non-hydrogen) atoms. The summed E-state index contributed by atoms with van der Waals surface area (Å²) in [5.74, 6) is 0.414. The van der Waals surface area contributed by atoms with Gasteiger partial charge in [-0.05, 0) is 63.3 Å². The van der Waals surface area contributed by atoms with Crippen molar-refractivity contribution in [3.05, 3.63) is 76.4 Å². The molecule has 4 rings (SSSR count). The van der Waals surface area contributed by atoms with Gasteiger partial charge in [-0.15, -0.1) is 0 Å². The first-order valence-corrected chi connectivity index (χ1v) is 11.7. The van der Waals surface area contributed by atoms with E-state index in [2.05, 4.69) is 29.4 Å². The number of rotatable bonds is 5. The standard InChI is InChI=1S/C23H27N3O3S/c1-16-12-20(13-19-8-5-4-6-9-19)14-22(24-16)21-10-7-11-26(15-21)30(27,28)23-17(2)25-29-18(23)3/h4-6,8-9,12,14,21H,7,10-11,13,15H2,1-3H3. The molecule has 1 fully saturated rings. The number of hydrogen-bond donors (Lipinski definition) is 0. The van der Waals surface area contributed by atoms with E-state index in [1.165, 1.54) is 11.1 Å². The van der Waals surface area contributed by atoms with Crippen molar-refractivity contribution in [3.8, 4) is 0 Å². The van der Waals surface area contributed by atoms with Crippen molar-refractivity contribution < 1.29 is 12.9 Å². The Balaban J connectivity index is 1.59. The highest BCUT2D eigenvalue weighted by molar-refractivity contribution is 7.89. The lowest BCUT2D eigenvalue weighted by Crippen LogP contribution is -2.39. The molecule has 1 unspecified atom stereocenters. The number of nitrogens with zero attached hydrogens (tertiary/aromatic N) is 3. The summed E-state index contributed by atoms with van der Waals surface area (Å²) >= 11 is 0. The van der Waals surface area contributed by atoms with Gasteiger partial charge in [-0.25, -0.2) is 8.42 Å². The fourth-order valence-corrected chi connectivity index (χ4v) is 6.10. The first kappa shape index (κ1) is 20.8. The molecule has 1 aliphatic heterocycles. The first-order chi connectivity index (χ1) is 14.3. The number of hydrogen-bond acceptors (Lipinski definition) is 5.